The third-order valence-corrected chi connectivity index (χ3v) is 4.48. The van der Waals surface area contributed by atoms with E-state index < -0.39 is 10.0 Å². The number of sulfonamides is 1. The molecule has 1 aromatic carbocycles. The standard InChI is InChI=1S/C15H23FN2O3S/c1-3-4-10-17-15(19)12-18(22(2,20)21)11-9-13-7-5-6-8-14(13)16/h5-8H,3-4,9-12H2,1-2H3,(H,17,19). The number of nitrogens with zero attached hydrogens (tertiary/aromatic N) is 1. The van der Waals surface area contributed by atoms with E-state index in [1.54, 1.807) is 18.2 Å². The molecule has 5 nitrogen and oxygen atoms in total. The van der Waals surface area contributed by atoms with Crippen molar-refractivity contribution in [1.29, 1.82) is 0 Å². The Morgan fingerprint density at radius 3 is 2.59 bits per heavy atom. The molecule has 7 heteroatoms. The minimum atomic E-state index is -3.52. The number of amides is 1. The van der Waals surface area contributed by atoms with Crippen LogP contribution in [0.1, 0.15) is 25.3 Å². The van der Waals surface area contributed by atoms with Crippen LogP contribution in [0, 0.1) is 5.82 Å². The lowest BCUT2D eigenvalue weighted by Crippen LogP contribution is -2.41. The molecule has 0 heterocycles. The van der Waals surface area contributed by atoms with Gasteiger partial charge in [-0.05, 0) is 24.5 Å². The van der Waals surface area contributed by atoms with Gasteiger partial charge >= 0.3 is 0 Å². The smallest absolute Gasteiger partial charge is 0.235 e. The molecule has 0 aliphatic carbocycles. The first kappa shape index (κ1) is 18.6. The summed E-state index contributed by atoms with van der Waals surface area (Å²) in [4.78, 5) is 11.8. The zero-order chi connectivity index (χ0) is 16.6. The summed E-state index contributed by atoms with van der Waals surface area (Å²) in [5.41, 5.74) is 0.433. The van der Waals surface area contributed by atoms with Gasteiger partial charge in [0.1, 0.15) is 5.82 Å². The van der Waals surface area contributed by atoms with Gasteiger partial charge in [0.15, 0.2) is 0 Å². The number of hydrogen-bond acceptors (Lipinski definition) is 3. The molecule has 0 fully saturated rings. The molecule has 0 bridgehead atoms. The molecule has 0 atom stereocenters. The molecule has 1 rings (SSSR count). The molecule has 0 radical (unpaired) electrons. The molecule has 0 aliphatic rings. The van der Waals surface area contributed by atoms with E-state index >= 15 is 0 Å². The lowest BCUT2D eigenvalue weighted by molar-refractivity contribution is -0.121. The number of rotatable bonds is 9. The van der Waals surface area contributed by atoms with Crippen LogP contribution in [0.4, 0.5) is 4.39 Å². The summed E-state index contributed by atoms with van der Waals surface area (Å²) < 4.78 is 38.1. The average Bonchev–Trinajstić information content (AvgIpc) is 2.44. The van der Waals surface area contributed by atoms with Crippen LogP contribution in [0.25, 0.3) is 0 Å². The molecule has 0 spiro atoms. The summed E-state index contributed by atoms with van der Waals surface area (Å²) in [7, 11) is -3.52. The molecule has 0 aliphatic heterocycles. The maximum atomic E-state index is 13.6. The first-order chi connectivity index (χ1) is 10.3. The van der Waals surface area contributed by atoms with Gasteiger partial charge in [-0.3, -0.25) is 4.79 Å². The summed E-state index contributed by atoms with van der Waals surface area (Å²) in [6, 6.07) is 6.21. The Hall–Kier alpha value is -1.47. The molecule has 0 aromatic heterocycles. The lowest BCUT2D eigenvalue weighted by atomic mass is 10.1. The Bertz CT molecular complexity index is 590. The van der Waals surface area contributed by atoms with Gasteiger partial charge < -0.3 is 5.32 Å². The molecule has 1 amide bonds. The van der Waals surface area contributed by atoms with Crippen LogP contribution in [0.15, 0.2) is 24.3 Å². The Morgan fingerprint density at radius 1 is 1.32 bits per heavy atom. The van der Waals surface area contributed by atoms with Gasteiger partial charge in [-0.2, -0.15) is 4.31 Å². The molecule has 124 valence electrons. The van der Waals surface area contributed by atoms with Crippen molar-refractivity contribution in [3.8, 4) is 0 Å². The van der Waals surface area contributed by atoms with E-state index in [4.69, 9.17) is 0 Å². The van der Waals surface area contributed by atoms with Crippen molar-refractivity contribution in [2.75, 3.05) is 25.9 Å². The second-order valence-electron chi connectivity index (χ2n) is 5.14. The van der Waals surface area contributed by atoms with Gasteiger partial charge in [-0.1, -0.05) is 31.5 Å². The number of carbonyl (C=O) groups is 1. The summed E-state index contributed by atoms with van der Waals surface area (Å²) >= 11 is 0. The van der Waals surface area contributed by atoms with Gasteiger partial charge in [0.25, 0.3) is 0 Å². The van der Waals surface area contributed by atoms with Gasteiger partial charge in [0.05, 0.1) is 12.8 Å². The highest BCUT2D eigenvalue weighted by molar-refractivity contribution is 7.88. The second kappa shape index (κ2) is 8.85. The van der Waals surface area contributed by atoms with Crippen LogP contribution in [0.5, 0.6) is 0 Å². The predicted molar refractivity (Wildman–Crippen MR) is 84.4 cm³/mol. The van der Waals surface area contributed by atoms with Crippen molar-refractivity contribution in [1.82, 2.24) is 9.62 Å². The number of halogens is 1. The summed E-state index contributed by atoms with van der Waals surface area (Å²) in [6.07, 6.45) is 3.07. The van der Waals surface area contributed by atoms with Crippen molar-refractivity contribution in [2.24, 2.45) is 0 Å². The Morgan fingerprint density at radius 2 is 2.00 bits per heavy atom. The zero-order valence-electron chi connectivity index (χ0n) is 13.0. The highest BCUT2D eigenvalue weighted by Gasteiger charge is 2.20. The van der Waals surface area contributed by atoms with Gasteiger partial charge in [0, 0.05) is 13.1 Å². The van der Waals surface area contributed by atoms with E-state index in [1.807, 2.05) is 6.92 Å². The van der Waals surface area contributed by atoms with Crippen LogP contribution in [0.2, 0.25) is 0 Å². The van der Waals surface area contributed by atoms with E-state index in [9.17, 15) is 17.6 Å². The quantitative estimate of drug-likeness (QED) is 0.699. The highest BCUT2D eigenvalue weighted by atomic mass is 32.2. The van der Waals surface area contributed by atoms with Crippen molar-refractivity contribution in [3.05, 3.63) is 35.6 Å². The largest absolute Gasteiger partial charge is 0.355 e. The molecule has 1 N–H and O–H groups in total. The van der Waals surface area contributed by atoms with Crippen molar-refractivity contribution < 1.29 is 17.6 Å². The topological polar surface area (TPSA) is 66.5 Å². The fourth-order valence-corrected chi connectivity index (χ4v) is 2.70. The number of hydrogen-bond donors (Lipinski definition) is 1. The third kappa shape index (κ3) is 6.53. The van der Waals surface area contributed by atoms with E-state index in [0.717, 1.165) is 23.4 Å². The fraction of sp³-hybridized carbons (Fsp3) is 0.533. The molecule has 0 saturated heterocycles. The third-order valence-electron chi connectivity index (χ3n) is 3.23. The molecular formula is C15H23FN2O3S. The minimum absolute atomic E-state index is 0.0704. The average molecular weight is 330 g/mol. The molecule has 1 aromatic rings. The zero-order valence-corrected chi connectivity index (χ0v) is 13.8. The van der Waals surface area contributed by atoms with Crippen molar-refractivity contribution in [3.63, 3.8) is 0 Å². The number of carbonyl (C=O) groups excluding carboxylic acids is 1. The van der Waals surface area contributed by atoms with Crippen LogP contribution < -0.4 is 5.32 Å². The van der Waals surface area contributed by atoms with E-state index in [-0.39, 0.29) is 31.2 Å². The number of benzene rings is 1. The van der Waals surface area contributed by atoms with Crippen LogP contribution in [0.3, 0.4) is 0 Å². The summed E-state index contributed by atoms with van der Waals surface area (Å²) in [6.45, 7) is 2.36. The maximum Gasteiger partial charge on any atom is 0.235 e. The molecule has 0 saturated carbocycles. The Labute approximate surface area is 131 Å². The fourth-order valence-electron chi connectivity index (χ4n) is 1.93. The number of unbranched alkanes of at least 4 members (excludes halogenated alkanes) is 1. The van der Waals surface area contributed by atoms with Crippen LogP contribution in [-0.2, 0) is 21.2 Å². The van der Waals surface area contributed by atoms with Crippen LogP contribution >= 0.6 is 0 Å². The van der Waals surface area contributed by atoms with E-state index in [2.05, 4.69) is 5.32 Å². The molecular weight excluding hydrogens is 307 g/mol. The van der Waals surface area contributed by atoms with Gasteiger partial charge in [-0.25, -0.2) is 12.8 Å². The molecule has 22 heavy (non-hydrogen) atoms. The lowest BCUT2D eigenvalue weighted by Gasteiger charge is -2.19. The summed E-state index contributed by atoms with van der Waals surface area (Å²) in [5, 5.41) is 2.68. The monoisotopic (exact) mass is 330 g/mol. The second-order valence-corrected chi connectivity index (χ2v) is 7.12. The summed E-state index contributed by atoms with van der Waals surface area (Å²) in [5.74, 6) is -0.712. The van der Waals surface area contributed by atoms with Crippen molar-refractivity contribution in [2.45, 2.75) is 26.2 Å². The number of nitrogens with one attached hydrogen (secondary N) is 1. The van der Waals surface area contributed by atoms with Crippen molar-refractivity contribution >= 4 is 15.9 Å². The highest BCUT2D eigenvalue weighted by Crippen LogP contribution is 2.09. The van der Waals surface area contributed by atoms with Gasteiger partial charge in [0.2, 0.25) is 15.9 Å². The minimum Gasteiger partial charge on any atom is -0.355 e. The van der Waals surface area contributed by atoms with Crippen LogP contribution in [-0.4, -0.2) is 44.5 Å². The first-order valence-corrected chi connectivity index (χ1v) is 9.14. The van der Waals surface area contributed by atoms with E-state index in [1.165, 1.54) is 6.07 Å². The Kier molecular flexibility index (Phi) is 7.47. The normalized spacial score (nSPS) is 11.6. The maximum absolute atomic E-state index is 13.6. The first-order valence-electron chi connectivity index (χ1n) is 7.29. The van der Waals surface area contributed by atoms with E-state index in [0.29, 0.717) is 12.1 Å². The predicted octanol–water partition coefficient (Wildman–Crippen LogP) is 1.55. The SMILES string of the molecule is CCCCNC(=O)CN(CCc1ccccc1F)S(C)(=O)=O. The molecule has 0 unspecified atom stereocenters. The van der Waals surface area contributed by atoms with Gasteiger partial charge in [-0.15, -0.1) is 0 Å². The Balaban J connectivity index is 2.62.